The molecular formula is C11H15ClN2O. The Kier molecular flexibility index (Phi) is 3.12. The van der Waals surface area contributed by atoms with E-state index >= 15 is 0 Å². The molecule has 82 valence electrons. The zero-order chi connectivity index (χ0) is 10.8. The SMILES string of the molecule is CC(O)C1CCN(c2ccc(Cl)cn2)C1. The van der Waals surface area contributed by atoms with E-state index in [-0.39, 0.29) is 6.10 Å². The van der Waals surface area contributed by atoms with Crippen LogP contribution in [0.3, 0.4) is 0 Å². The van der Waals surface area contributed by atoms with Crippen molar-refractivity contribution < 1.29 is 5.11 Å². The van der Waals surface area contributed by atoms with Gasteiger partial charge in [0.15, 0.2) is 0 Å². The molecule has 1 fully saturated rings. The first kappa shape index (κ1) is 10.7. The third-order valence-corrected chi connectivity index (χ3v) is 3.17. The number of aliphatic hydroxyl groups is 1. The van der Waals surface area contributed by atoms with Gasteiger partial charge in [0.05, 0.1) is 11.1 Å². The van der Waals surface area contributed by atoms with E-state index in [0.717, 1.165) is 25.3 Å². The molecule has 0 amide bonds. The van der Waals surface area contributed by atoms with Crippen molar-refractivity contribution >= 4 is 17.4 Å². The van der Waals surface area contributed by atoms with Gasteiger partial charge in [0.25, 0.3) is 0 Å². The van der Waals surface area contributed by atoms with Crippen molar-refractivity contribution in [2.24, 2.45) is 5.92 Å². The van der Waals surface area contributed by atoms with Crippen LogP contribution in [0.2, 0.25) is 5.02 Å². The van der Waals surface area contributed by atoms with E-state index in [1.165, 1.54) is 0 Å². The molecule has 0 radical (unpaired) electrons. The fourth-order valence-corrected chi connectivity index (χ4v) is 2.06. The lowest BCUT2D eigenvalue weighted by molar-refractivity contribution is 0.136. The van der Waals surface area contributed by atoms with Crippen LogP contribution in [0, 0.1) is 5.92 Å². The molecule has 2 atom stereocenters. The third kappa shape index (κ3) is 2.41. The Morgan fingerprint density at radius 1 is 1.60 bits per heavy atom. The summed E-state index contributed by atoms with van der Waals surface area (Å²) in [4.78, 5) is 6.45. The number of rotatable bonds is 2. The molecule has 2 heterocycles. The van der Waals surface area contributed by atoms with Gasteiger partial charge in [0.1, 0.15) is 5.82 Å². The van der Waals surface area contributed by atoms with Gasteiger partial charge >= 0.3 is 0 Å². The lowest BCUT2D eigenvalue weighted by Crippen LogP contribution is -2.24. The van der Waals surface area contributed by atoms with E-state index in [1.807, 2.05) is 19.1 Å². The summed E-state index contributed by atoms with van der Waals surface area (Å²) in [6, 6.07) is 3.77. The molecule has 1 aromatic heterocycles. The summed E-state index contributed by atoms with van der Waals surface area (Å²) in [6.07, 6.45) is 2.46. The van der Waals surface area contributed by atoms with Crippen molar-refractivity contribution in [1.82, 2.24) is 4.98 Å². The van der Waals surface area contributed by atoms with Gasteiger partial charge in [0, 0.05) is 25.2 Å². The highest BCUT2D eigenvalue weighted by Crippen LogP contribution is 2.24. The number of pyridine rings is 1. The minimum atomic E-state index is -0.234. The standard InChI is InChI=1S/C11H15ClN2O/c1-8(15)9-4-5-14(7-9)11-3-2-10(12)6-13-11/h2-3,6,8-9,15H,4-5,7H2,1H3. The Balaban J connectivity index is 2.04. The summed E-state index contributed by atoms with van der Waals surface area (Å²) in [7, 11) is 0. The Labute approximate surface area is 94.7 Å². The predicted octanol–water partition coefficient (Wildman–Crippen LogP) is 1.94. The van der Waals surface area contributed by atoms with Crippen LogP contribution >= 0.6 is 11.6 Å². The fraction of sp³-hybridized carbons (Fsp3) is 0.545. The predicted molar refractivity (Wildman–Crippen MR) is 61.2 cm³/mol. The molecule has 2 unspecified atom stereocenters. The molecule has 0 bridgehead atoms. The number of anilines is 1. The lowest BCUT2D eigenvalue weighted by Gasteiger charge is -2.18. The van der Waals surface area contributed by atoms with Crippen LogP contribution in [0.1, 0.15) is 13.3 Å². The number of hydrogen-bond donors (Lipinski definition) is 1. The average molecular weight is 227 g/mol. The molecule has 1 aliphatic heterocycles. The van der Waals surface area contributed by atoms with Gasteiger partial charge in [-0.15, -0.1) is 0 Å². The highest BCUT2D eigenvalue weighted by Gasteiger charge is 2.26. The Morgan fingerprint density at radius 3 is 2.93 bits per heavy atom. The molecule has 0 aromatic carbocycles. The molecule has 1 saturated heterocycles. The Hall–Kier alpha value is -0.800. The van der Waals surface area contributed by atoms with Crippen LogP contribution in [0.15, 0.2) is 18.3 Å². The third-order valence-electron chi connectivity index (χ3n) is 2.94. The molecule has 2 rings (SSSR count). The molecule has 15 heavy (non-hydrogen) atoms. The second-order valence-electron chi connectivity index (χ2n) is 4.07. The first-order chi connectivity index (χ1) is 7.16. The number of aliphatic hydroxyl groups excluding tert-OH is 1. The maximum atomic E-state index is 9.49. The molecule has 3 nitrogen and oxygen atoms in total. The summed E-state index contributed by atoms with van der Waals surface area (Å²) in [6.45, 7) is 3.69. The lowest BCUT2D eigenvalue weighted by atomic mass is 10.0. The first-order valence-corrected chi connectivity index (χ1v) is 5.59. The monoisotopic (exact) mass is 226 g/mol. The second kappa shape index (κ2) is 4.37. The zero-order valence-corrected chi connectivity index (χ0v) is 9.48. The van der Waals surface area contributed by atoms with Gasteiger partial charge in [-0.05, 0) is 25.5 Å². The molecular weight excluding hydrogens is 212 g/mol. The number of halogens is 1. The summed E-state index contributed by atoms with van der Waals surface area (Å²) >= 11 is 5.78. The van der Waals surface area contributed by atoms with Gasteiger partial charge in [-0.3, -0.25) is 0 Å². The van der Waals surface area contributed by atoms with Crippen LogP contribution in [0.5, 0.6) is 0 Å². The molecule has 0 aliphatic carbocycles. The summed E-state index contributed by atoms with van der Waals surface area (Å²) < 4.78 is 0. The van der Waals surface area contributed by atoms with E-state index in [0.29, 0.717) is 10.9 Å². The summed E-state index contributed by atoms with van der Waals surface area (Å²) in [5, 5.41) is 10.2. The normalized spacial score (nSPS) is 23.1. The van der Waals surface area contributed by atoms with Gasteiger partial charge in [-0.25, -0.2) is 4.98 Å². The minimum absolute atomic E-state index is 0.234. The quantitative estimate of drug-likeness (QED) is 0.838. The Morgan fingerprint density at radius 2 is 2.40 bits per heavy atom. The van der Waals surface area contributed by atoms with Crippen molar-refractivity contribution in [3.8, 4) is 0 Å². The van der Waals surface area contributed by atoms with Gasteiger partial charge in [-0.2, -0.15) is 0 Å². The topological polar surface area (TPSA) is 36.4 Å². The van der Waals surface area contributed by atoms with Crippen LogP contribution in [-0.2, 0) is 0 Å². The second-order valence-corrected chi connectivity index (χ2v) is 4.51. The van der Waals surface area contributed by atoms with E-state index in [9.17, 15) is 5.11 Å². The van der Waals surface area contributed by atoms with Gasteiger partial charge < -0.3 is 10.0 Å². The molecule has 1 aliphatic rings. The van der Waals surface area contributed by atoms with E-state index in [2.05, 4.69) is 9.88 Å². The Bertz CT molecular complexity index is 326. The molecule has 0 saturated carbocycles. The van der Waals surface area contributed by atoms with E-state index < -0.39 is 0 Å². The zero-order valence-electron chi connectivity index (χ0n) is 8.73. The van der Waals surface area contributed by atoms with Crippen LogP contribution in [0.25, 0.3) is 0 Å². The van der Waals surface area contributed by atoms with Crippen molar-refractivity contribution in [3.63, 3.8) is 0 Å². The van der Waals surface area contributed by atoms with Gasteiger partial charge in [0.2, 0.25) is 0 Å². The van der Waals surface area contributed by atoms with Gasteiger partial charge in [-0.1, -0.05) is 11.6 Å². The highest BCUT2D eigenvalue weighted by atomic mass is 35.5. The highest BCUT2D eigenvalue weighted by molar-refractivity contribution is 6.30. The van der Waals surface area contributed by atoms with E-state index in [1.54, 1.807) is 6.20 Å². The smallest absolute Gasteiger partial charge is 0.128 e. The summed E-state index contributed by atoms with van der Waals surface area (Å²) in [5.74, 6) is 1.31. The largest absolute Gasteiger partial charge is 0.393 e. The number of nitrogens with zero attached hydrogens (tertiary/aromatic N) is 2. The van der Waals surface area contributed by atoms with Crippen molar-refractivity contribution in [3.05, 3.63) is 23.4 Å². The van der Waals surface area contributed by atoms with Crippen LogP contribution < -0.4 is 4.90 Å². The number of aromatic nitrogens is 1. The maximum Gasteiger partial charge on any atom is 0.128 e. The van der Waals surface area contributed by atoms with Crippen molar-refractivity contribution in [1.29, 1.82) is 0 Å². The van der Waals surface area contributed by atoms with Crippen LogP contribution in [0.4, 0.5) is 5.82 Å². The van der Waals surface area contributed by atoms with Crippen molar-refractivity contribution in [2.75, 3.05) is 18.0 Å². The maximum absolute atomic E-state index is 9.49. The minimum Gasteiger partial charge on any atom is -0.393 e. The fourth-order valence-electron chi connectivity index (χ4n) is 1.94. The summed E-state index contributed by atoms with van der Waals surface area (Å²) in [5.41, 5.74) is 0. The average Bonchev–Trinajstić information content (AvgIpc) is 2.68. The molecule has 4 heteroatoms. The first-order valence-electron chi connectivity index (χ1n) is 5.21. The molecule has 0 spiro atoms. The van der Waals surface area contributed by atoms with E-state index in [4.69, 9.17) is 11.6 Å². The number of hydrogen-bond acceptors (Lipinski definition) is 3. The molecule has 1 N–H and O–H groups in total. The van der Waals surface area contributed by atoms with Crippen LogP contribution in [-0.4, -0.2) is 29.3 Å². The molecule has 1 aromatic rings. The van der Waals surface area contributed by atoms with Crippen molar-refractivity contribution in [2.45, 2.75) is 19.4 Å².